The minimum Gasteiger partial charge on any atom is -0.481 e. The van der Waals surface area contributed by atoms with Gasteiger partial charge in [-0.15, -0.1) is 0 Å². The molecule has 18 heavy (non-hydrogen) atoms. The summed E-state index contributed by atoms with van der Waals surface area (Å²) in [5, 5.41) is 8.53. The Kier molecular flexibility index (Phi) is 5.25. The maximum Gasteiger partial charge on any atom is 0.303 e. The Morgan fingerprint density at radius 2 is 2.11 bits per heavy atom. The lowest BCUT2D eigenvalue weighted by atomic mass is 9.99. The van der Waals surface area contributed by atoms with Crippen LogP contribution in [-0.2, 0) is 17.1 Å². The number of carbonyl (C=O) groups is 1. The molecule has 1 aromatic carbocycles. The molecule has 0 saturated heterocycles. The largest absolute Gasteiger partial charge is 0.481 e. The fourth-order valence-corrected chi connectivity index (χ4v) is 1.86. The van der Waals surface area contributed by atoms with E-state index in [1.807, 2.05) is 0 Å². The van der Waals surface area contributed by atoms with Crippen molar-refractivity contribution < 1.29 is 18.7 Å². The molecule has 2 nitrogen and oxygen atoms in total. The molecular weight excluding hydrogens is 238 g/mol. The predicted octanol–water partition coefficient (Wildman–Crippen LogP) is 3.99. The van der Waals surface area contributed by atoms with E-state index >= 15 is 0 Å². The molecule has 0 fully saturated rings. The number of benzene rings is 1. The van der Waals surface area contributed by atoms with Gasteiger partial charge in [0, 0.05) is 18.4 Å². The van der Waals surface area contributed by atoms with Gasteiger partial charge in [0.15, 0.2) is 0 Å². The van der Waals surface area contributed by atoms with Gasteiger partial charge < -0.3 is 5.11 Å². The van der Waals surface area contributed by atoms with Crippen LogP contribution in [0, 0.1) is 0 Å². The summed E-state index contributed by atoms with van der Waals surface area (Å²) in [6.07, 6.45) is 1.32. The molecule has 0 saturated carbocycles. The van der Waals surface area contributed by atoms with Crippen LogP contribution in [0.5, 0.6) is 0 Å². The van der Waals surface area contributed by atoms with Gasteiger partial charge in [-0.05, 0) is 24.5 Å². The van der Waals surface area contributed by atoms with Gasteiger partial charge in [0.2, 0.25) is 0 Å². The highest BCUT2D eigenvalue weighted by atomic mass is 19.3. The van der Waals surface area contributed by atoms with Crippen molar-refractivity contribution in [2.75, 3.05) is 0 Å². The number of carboxylic acids is 1. The van der Waals surface area contributed by atoms with Crippen LogP contribution < -0.4 is 0 Å². The van der Waals surface area contributed by atoms with Crippen molar-refractivity contribution in [3.8, 4) is 0 Å². The van der Waals surface area contributed by atoms with Crippen LogP contribution in [0.1, 0.15) is 43.7 Å². The molecule has 0 aromatic heterocycles. The molecule has 0 heterocycles. The van der Waals surface area contributed by atoms with Crippen LogP contribution >= 0.6 is 0 Å². The quantitative estimate of drug-likeness (QED) is 0.801. The summed E-state index contributed by atoms with van der Waals surface area (Å²) in [6, 6.07) is 6.27. The molecule has 0 aliphatic carbocycles. The average molecular weight is 256 g/mol. The summed E-state index contributed by atoms with van der Waals surface area (Å²) in [5.41, 5.74) is 0.793. The molecule has 0 radical (unpaired) electrons. The molecule has 4 heteroatoms. The summed E-state index contributed by atoms with van der Waals surface area (Å²) in [5.74, 6) is -3.65. The minimum atomic E-state index is -2.79. The molecule has 0 unspecified atom stereocenters. The fraction of sp³-hybridized carbons (Fsp3) is 0.500. The number of aryl methyl sites for hydroxylation is 1. The second-order valence-corrected chi connectivity index (χ2v) is 4.40. The maximum absolute atomic E-state index is 13.7. The zero-order valence-electron chi connectivity index (χ0n) is 10.5. The Hall–Kier alpha value is -1.45. The van der Waals surface area contributed by atoms with Gasteiger partial charge in [0.25, 0.3) is 5.92 Å². The number of hydrogen-bond donors (Lipinski definition) is 1. The third-order valence-electron chi connectivity index (χ3n) is 2.77. The third-order valence-corrected chi connectivity index (χ3v) is 2.77. The normalized spacial score (nSPS) is 11.5. The summed E-state index contributed by atoms with van der Waals surface area (Å²) in [7, 11) is 0. The number of carboxylic acid groups (broad SMARTS) is 1. The molecular formula is C14H18F2O2. The van der Waals surface area contributed by atoms with Gasteiger partial charge in [-0.3, -0.25) is 4.79 Å². The first kappa shape index (κ1) is 14.6. The summed E-state index contributed by atoms with van der Waals surface area (Å²) in [4.78, 5) is 10.4. The molecule has 0 spiro atoms. The van der Waals surface area contributed by atoms with Gasteiger partial charge in [0.05, 0.1) is 0 Å². The fourth-order valence-electron chi connectivity index (χ4n) is 1.86. The second-order valence-electron chi connectivity index (χ2n) is 4.40. The van der Waals surface area contributed by atoms with Crippen molar-refractivity contribution in [2.24, 2.45) is 0 Å². The van der Waals surface area contributed by atoms with Crippen molar-refractivity contribution >= 4 is 5.97 Å². The van der Waals surface area contributed by atoms with E-state index in [0.29, 0.717) is 19.3 Å². The van der Waals surface area contributed by atoms with Gasteiger partial charge in [-0.2, -0.15) is 0 Å². The molecule has 0 atom stereocenters. The molecule has 0 aliphatic rings. The minimum absolute atomic E-state index is 0.0252. The van der Waals surface area contributed by atoms with Crippen molar-refractivity contribution in [3.63, 3.8) is 0 Å². The SMILES string of the molecule is CCCC(F)(F)c1cccc(CCCC(=O)O)c1. The van der Waals surface area contributed by atoms with E-state index < -0.39 is 11.9 Å². The third kappa shape index (κ3) is 4.43. The standard InChI is InChI=1S/C14H18F2O2/c1-2-9-14(15,16)12-7-3-5-11(10-12)6-4-8-13(17)18/h3,5,7,10H,2,4,6,8-9H2,1H3,(H,17,18). The zero-order chi connectivity index (χ0) is 13.6. The number of alkyl halides is 2. The lowest BCUT2D eigenvalue weighted by Gasteiger charge is -2.16. The highest BCUT2D eigenvalue weighted by molar-refractivity contribution is 5.66. The molecule has 100 valence electrons. The lowest BCUT2D eigenvalue weighted by molar-refractivity contribution is -0.137. The van der Waals surface area contributed by atoms with Gasteiger partial charge in [0.1, 0.15) is 0 Å². The predicted molar refractivity (Wildman–Crippen MR) is 65.8 cm³/mol. The highest BCUT2D eigenvalue weighted by Gasteiger charge is 2.30. The first-order valence-electron chi connectivity index (χ1n) is 6.14. The van der Waals surface area contributed by atoms with E-state index in [4.69, 9.17) is 5.11 Å². The Labute approximate surface area is 106 Å². The van der Waals surface area contributed by atoms with Gasteiger partial charge in [-0.1, -0.05) is 31.5 Å². The van der Waals surface area contributed by atoms with Crippen LogP contribution in [0.3, 0.4) is 0 Å². The van der Waals surface area contributed by atoms with Crippen LogP contribution in [0.15, 0.2) is 24.3 Å². The number of hydrogen-bond acceptors (Lipinski definition) is 1. The molecule has 1 N–H and O–H groups in total. The summed E-state index contributed by atoms with van der Waals surface area (Å²) >= 11 is 0. The Bertz CT molecular complexity index is 403. The average Bonchev–Trinajstić information content (AvgIpc) is 2.29. The first-order valence-corrected chi connectivity index (χ1v) is 6.14. The van der Waals surface area contributed by atoms with Gasteiger partial charge in [-0.25, -0.2) is 8.78 Å². The van der Waals surface area contributed by atoms with Crippen molar-refractivity contribution in [2.45, 2.75) is 45.0 Å². The van der Waals surface area contributed by atoms with Crippen LogP contribution in [0.2, 0.25) is 0 Å². The molecule has 0 amide bonds. The molecule has 1 rings (SSSR count). The highest BCUT2D eigenvalue weighted by Crippen LogP contribution is 2.33. The Morgan fingerprint density at radius 3 is 2.72 bits per heavy atom. The van der Waals surface area contributed by atoms with E-state index in [9.17, 15) is 13.6 Å². The Balaban J connectivity index is 2.70. The van der Waals surface area contributed by atoms with Crippen LogP contribution in [0.25, 0.3) is 0 Å². The van der Waals surface area contributed by atoms with Crippen molar-refractivity contribution in [1.29, 1.82) is 0 Å². The number of halogens is 2. The van der Waals surface area contributed by atoms with Crippen LogP contribution in [-0.4, -0.2) is 11.1 Å². The molecule has 0 bridgehead atoms. The topological polar surface area (TPSA) is 37.3 Å². The van der Waals surface area contributed by atoms with E-state index in [2.05, 4.69) is 0 Å². The smallest absolute Gasteiger partial charge is 0.303 e. The number of rotatable bonds is 7. The maximum atomic E-state index is 13.7. The monoisotopic (exact) mass is 256 g/mol. The van der Waals surface area contributed by atoms with E-state index in [0.717, 1.165) is 5.56 Å². The van der Waals surface area contributed by atoms with Crippen molar-refractivity contribution in [1.82, 2.24) is 0 Å². The summed E-state index contributed by atoms with van der Waals surface area (Å²) in [6.45, 7) is 1.73. The lowest BCUT2D eigenvalue weighted by Crippen LogP contribution is -2.13. The molecule has 0 aliphatic heterocycles. The molecule has 1 aromatic rings. The van der Waals surface area contributed by atoms with Crippen molar-refractivity contribution in [3.05, 3.63) is 35.4 Å². The van der Waals surface area contributed by atoms with E-state index in [1.165, 1.54) is 12.1 Å². The van der Waals surface area contributed by atoms with E-state index in [1.54, 1.807) is 19.1 Å². The second kappa shape index (κ2) is 6.47. The van der Waals surface area contributed by atoms with Crippen LogP contribution in [0.4, 0.5) is 8.78 Å². The van der Waals surface area contributed by atoms with Gasteiger partial charge >= 0.3 is 5.97 Å². The Morgan fingerprint density at radius 1 is 1.39 bits per heavy atom. The summed E-state index contributed by atoms with van der Waals surface area (Å²) < 4.78 is 27.4. The number of aliphatic carboxylic acids is 1. The zero-order valence-corrected chi connectivity index (χ0v) is 10.5. The van der Waals surface area contributed by atoms with E-state index in [-0.39, 0.29) is 18.4 Å². The first-order chi connectivity index (χ1) is 8.45.